The first-order valence-electron chi connectivity index (χ1n) is 5.35. The van der Waals surface area contributed by atoms with Crippen LogP contribution in [0.3, 0.4) is 0 Å². The summed E-state index contributed by atoms with van der Waals surface area (Å²) in [6.07, 6.45) is 0. The van der Waals surface area contributed by atoms with Crippen molar-refractivity contribution in [3.05, 3.63) is 33.0 Å². The van der Waals surface area contributed by atoms with Crippen molar-refractivity contribution in [2.75, 3.05) is 20.0 Å². The van der Waals surface area contributed by atoms with E-state index >= 15 is 0 Å². The second-order valence-corrected chi connectivity index (χ2v) is 4.45. The van der Waals surface area contributed by atoms with E-state index in [1.165, 1.54) is 14.2 Å². The number of ether oxygens (including phenoxy) is 2. The number of nitrogens with zero attached hydrogens (tertiary/aromatic N) is 1. The van der Waals surface area contributed by atoms with Gasteiger partial charge in [0, 0.05) is 5.56 Å². The van der Waals surface area contributed by atoms with Gasteiger partial charge in [0.2, 0.25) is 5.95 Å². The number of anilines is 1. The lowest BCUT2D eigenvalue weighted by Gasteiger charge is -2.13. The first kappa shape index (κ1) is 13.4. The summed E-state index contributed by atoms with van der Waals surface area (Å²) in [7, 11) is 3.06. The summed E-state index contributed by atoms with van der Waals surface area (Å²) in [5.74, 6) is 1.07. The lowest BCUT2D eigenvalue weighted by atomic mass is 10.1. The summed E-state index contributed by atoms with van der Waals surface area (Å²) in [5, 5.41) is 0. The Balaban J connectivity index is 2.75. The molecule has 0 atom stereocenters. The third-order valence-electron chi connectivity index (χ3n) is 2.54. The van der Waals surface area contributed by atoms with E-state index in [0.717, 1.165) is 0 Å². The summed E-state index contributed by atoms with van der Waals surface area (Å²) < 4.78 is 10.8. The Bertz CT molecular complexity index is 670. The van der Waals surface area contributed by atoms with Crippen LogP contribution in [0, 0.1) is 0 Å². The molecule has 7 heteroatoms. The van der Waals surface area contributed by atoms with Crippen LogP contribution in [0.5, 0.6) is 11.5 Å². The minimum Gasteiger partial charge on any atom is -0.493 e. The van der Waals surface area contributed by atoms with E-state index in [2.05, 4.69) is 25.9 Å². The Kier molecular flexibility index (Phi) is 3.75. The number of rotatable bonds is 3. The highest BCUT2D eigenvalue weighted by atomic mass is 79.9. The Hall–Kier alpha value is -2.02. The van der Waals surface area contributed by atoms with Crippen LogP contribution in [-0.4, -0.2) is 24.2 Å². The molecule has 0 amide bonds. The predicted octanol–water partition coefficient (Wildman–Crippen LogP) is 1.80. The van der Waals surface area contributed by atoms with Gasteiger partial charge in [-0.05, 0) is 28.1 Å². The largest absolute Gasteiger partial charge is 0.493 e. The molecule has 0 saturated heterocycles. The van der Waals surface area contributed by atoms with Crippen molar-refractivity contribution in [2.24, 2.45) is 0 Å². The van der Waals surface area contributed by atoms with E-state index < -0.39 is 0 Å². The number of nitrogens with two attached hydrogens (primary N) is 1. The molecular formula is C12H12BrN3O3. The molecule has 0 radical (unpaired) electrons. The van der Waals surface area contributed by atoms with Crippen LogP contribution in [0.25, 0.3) is 11.3 Å². The number of aromatic amines is 1. The van der Waals surface area contributed by atoms with Crippen molar-refractivity contribution in [3.63, 3.8) is 0 Å². The van der Waals surface area contributed by atoms with Gasteiger partial charge in [0.05, 0.1) is 19.9 Å². The van der Waals surface area contributed by atoms with Gasteiger partial charge in [-0.3, -0.25) is 9.78 Å². The van der Waals surface area contributed by atoms with Gasteiger partial charge in [-0.1, -0.05) is 6.07 Å². The minimum absolute atomic E-state index is 0.0353. The average molecular weight is 326 g/mol. The lowest BCUT2D eigenvalue weighted by molar-refractivity contribution is 0.356. The van der Waals surface area contributed by atoms with E-state index in [1.54, 1.807) is 18.2 Å². The summed E-state index contributed by atoms with van der Waals surface area (Å²) in [5.41, 5.74) is 6.23. The summed E-state index contributed by atoms with van der Waals surface area (Å²) in [6, 6.07) is 5.31. The van der Waals surface area contributed by atoms with Gasteiger partial charge in [-0.15, -0.1) is 0 Å². The third kappa shape index (κ3) is 2.41. The normalized spacial score (nSPS) is 10.3. The Morgan fingerprint density at radius 1 is 1.32 bits per heavy atom. The molecule has 0 aliphatic rings. The number of hydrogen-bond donors (Lipinski definition) is 2. The van der Waals surface area contributed by atoms with Crippen LogP contribution in [0.1, 0.15) is 0 Å². The second-order valence-electron chi connectivity index (χ2n) is 3.65. The van der Waals surface area contributed by atoms with Gasteiger partial charge in [0.1, 0.15) is 4.47 Å². The Morgan fingerprint density at radius 3 is 2.68 bits per heavy atom. The Morgan fingerprint density at radius 2 is 2.05 bits per heavy atom. The van der Waals surface area contributed by atoms with E-state index in [9.17, 15) is 4.79 Å². The highest BCUT2D eigenvalue weighted by molar-refractivity contribution is 9.10. The minimum atomic E-state index is -0.354. The SMILES string of the molecule is COc1cccc(-c2nc(N)[nH]c(=O)c2Br)c1OC. The molecule has 2 aromatic rings. The fourth-order valence-electron chi connectivity index (χ4n) is 1.73. The van der Waals surface area contributed by atoms with E-state index in [4.69, 9.17) is 15.2 Å². The number of hydrogen-bond acceptors (Lipinski definition) is 5. The van der Waals surface area contributed by atoms with Gasteiger partial charge in [-0.25, -0.2) is 4.98 Å². The highest BCUT2D eigenvalue weighted by Crippen LogP contribution is 2.38. The van der Waals surface area contributed by atoms with Gasteiger partial charge in [0.25, 0.3) is 5.56 Å². The Labute approximate surface area is 117 Å². The van der Waals surface area contributed by atoms with Crippen LogP contribution in [0.4, 0.5) is 5.95 Å². The number of methoxy groups -OCH3 is 2. The molecule has 3 N–H and O–H groups in total. The summed E-state index contributed by atoms with van der Waals surface area (Å²) in [4.78, 5) is 18.2. The number of H-pyrrole nitrogens is 1. The summed E-state index contributed by atoms with van der Waals surface area (Å²) >= 11 is 3.20. The molecule has 100 valence electrons. The number of para-hydroxylation sites is 1. The van der Waals surface area contributed by atoms with E-state index in [-0.39, 0.29) is 16.0 Å². The molecule has 1 aromatic heterocycles. The molecule has 2 rings (SSSR count). The maximum absolute atomic E-state index is 11.7. The topological polar surface area (TPSA) is 90.2 Å². The smallest absolute Gasteiger partial charge is 0.267 e. The molecule has 0 aliphatic heterocycles. The monoisotopic (exact) mass is 325 g/mol. The van der Waals surface area contributed by atoms with E-state index in [1.807, 2.05) is 0 Å². The fraction of sp³-hybridized carbons (Fsp3) is 0.167. The maximum Gasteiger partial charge on any atom is 0.267 e. The molecule has 0 bridgehead atoms. The summed E-state index contributed by atoms with van der Waals surface area (Å²) in [6.45, 7) is 0. The number of benzene rings is 1. The van der Waals surface area contributed by atoms with Gasteiger partial charge < -0.3 is 15.2 Å². The van der Waals surface area contributed by atoms with Crippen LogP contribution in [0.15, 0.2) is 27.5 Å². The highest BCUT2D eigenvalue weighted by Gasteiger charge is 2.17. The zero-order valence-corrected chi connectivity index (χ0v) is 11.9. The number of aromatic nitrogens is 2. The first-order valence-corrected chi connectivity index (χ1v) is 6.14. The molecule has 1 heterocycles. The van der Waals surface area contributed by atoms with Crippen molar-refractivity contribution in [3.8, 4) is 22.8 Å². The lowest BCUT2D eigenvalue weighted by Crippen LogP contribution is -2.13. The molecule has 0 aliphatic carbocycles. The average Bonchev–Trinajstić information content (AvgIpc) is 2.41. The van der Waals surface area contributed by atoms with Gasteiger partial charge in [-0.2, -0.15) is 0 Å². The predicted molar refractivity (Wildman–Crippen MR) is 75.5 cm³/mol. The number of nitrogen functional groups attached to an aromatic ring is 1. The molecule has 19 heavy (non-hydrogen) atoms. The molecular weight excluding hydrogens is 314 g/mol. The van der Waals surface area contributed by atoms with Crippen LogP contribution >= 0.6 is 15.9 Å². The van der Waals surface area contributed by atoms with Gasteiger partial charge in [0.15, 0.2) is 11.5 Å². The van der Waals surface area contributed by atoms with Crippen LogP contribution < -0.4 is 20.8 Å². The van der Waals surface area contributed by atoms with E-state index in [0.29, 0.717) is 22.8 Å². The second kappa shape index (κ2) is 5.31. The maximum atomic E-state index is 11.7. The van der Waals surface area contributed by atoms with Crippen molar-refractivity contribution in [1.82, 2.24) is 9.97 Å². The molecule has 0 unspecified atom stereocenters. The fourth-order valence-corrected chi connectivity index (χ4v) is 2.13. The first-order chi connectivity index (χ1) is 9.08. The van der Waals surface area contributed by atoms with Gasteiger partial charge >= 0.3 is 0 Å². The van der Waals surface area contributed by atoms with Crippen molar-refractivity contribution in [2.45, 2.75) is 0 Å². The van der Waals surface area contributed by atoms with Crippen molar-refractivity contribution in [1.29, 1.82) is 0 Å². The van der Waals surface area contributed by atoms with Crippen molar-refractivity contribution >= 4 is 21.9 Å². The zero-order chi connectivity index (χ0) is 14.0. The number of halogens is 1. The van der Waals surface area contributed by atoms with Crippen LogP contribution in [-0.2, 0) is 0 Å². The molecule has 0 saturated carbocycles. The third-order valence-corrected chi connectivity index (χ3v) is 3.27. The zero-order valence-electron chi connectivity index (χ0n) is 10.4. The number of nitrogens with one attached hydrogen (secondary N) is 1. The van der Waals surface area contributed by atoms with Crippen LogP contribution in [0.2, 0.25) is 0 Å². The van der Waals surface area contributed by atoms with Crippen molar-refractivity contribution < 1.29 is 9.47 Å². The molecule has 0 spiro atoms. The molecule has 1 aromatic carbocycles. The molecule has 6 nitrogen and oxygen atoms in total. The molecule has 0 fully saturated rings. The quantitative estimate of drug-likeness (QED) is 0.898. The standard InChI is InChI=1S/C12H12BrN3O3/c1-18-7-5-3-4-6(10(7)19-2)9-8(13)11(17)16-12(14)15-9/h3-5H,1-2H3,(H3,14,15,16,17).